The Hall–Kier alpha value is -2.53. The third kappa shape index (κ3) is 3.04. The Morgan fingerprint density at radius 1 is 1.09 bits per heavy atom. The SMILES string of the molecule is C/C(=N/NC(=O)c1ccc(Cl)cc1)c1ccc2c(c1)OCO2. The quantitative estimate of drug-likeness (QED) is 0.698. The number of hydrogen-bond acceptors (Lipinski definition) is 4. The van der Waals surface area contributed by atoms with Gasteiger partial charge >= 0.3 is 0 Å². The van der Waals surface area contributed by atoms with Crippen LogP contribution in [0.25, 0.3) is 0 Å². The van der Waals surface area contributed by atoms with Crippen molar-refractivity contribution in [3.05, 3.63) is 58.6 Å². The van der Waals surface area contributed by atoms with Crippen LogP contribution in [0.5, 0.6) is 11.5 Å². The van der Waals surface area contributed by atoms with Crippen molar-refractivity contribution >= 4 is 23.2 Å². The molecule has 1 aliphatic heterocycles. The zero-order valence-electron chi connectivity index (χ0n) is 11.8. The molecular weight excluding hydrogens is 304 g/mol. The van der Waals surface area contributed by atoms with Crippen LogP contribution in [0.2, 0.25) is 5.02 Å². The zero-order valence-corrected chi connectivity index (χ0v) is 12.6. The van der Waals surface area contributed by atoms with Gasteiger partial charge < -0.3 is 9.47 Å². The standard InChI is InChI=1S/C16H13ClN2O3/c1-10(12-4-7-14-15(8-12)22-9-21-14)18-19-16(20)11-2-5-13(17)6-3-11/h2-8H,9H2,1H3,(H,19,20)/b18-10-. The highest BCUT2D eigenvalue weighted by Gasteiger charge is 2.14. The summed E-state index contributed by atoms with van der Waals surface area (Å²) in [4.78, 5) is 12.0. The van der Waals surface area contributed by atoms with E-state index in [0.29, 0.717) is 27.8 Å². The van der Waals surface area contributed by atoms with E-state index in [4.69, 9.17) is 21.1 Å². The summed E-state index contributed by atoms with van der Waals surface area (Å²) in [6.45, 7) is 2.03. The number of fused-ring (bicyclic) bond motifs is 1. The van der Waals surface area contributed by atoms with Crippen molar-refractivity contribution < 1.29 is 14.3 Å². The minimum Gasteiger partial charge on any atom is -0.454 e. The van der Waals surface area contributed by atoms with Gasteiger partial charge in [0.25, 0.3) is 5.91 Å². The second kappa shape index (κ2) is 6.07. The molecule has 0 fully saturated rings. The van der Waals surface area contributed by atoms with Crippen LogP contribution in [0.3, 0.4) is 0 Å². The molecule has 22 heavy (non-hydrogen) atoms. The van der Waals surface area contributed by atoms with Crippen molar-refractivity contribution in [3.63, 3.8) is 0 Å². The smallest absolute Gasteiger partial charge is 0.271 e. The summed E-state index contributed by atoms with van der Waals surface area (Å²) in [5.41, 5.74) is 4.53. The number of carbonyl (C=O) groups excluding carboxylic acids is 1. The zero-order chi connectivity index (χ0) is 15.5. The third-order valence-electron chi connectivity index (χ3n) is 3.22. The molecule has 0 atom stereocenters. The molecule has 0 saturated carbocycles. The first-order valence-corrected chi connectivity index (χ1v) is 7.01. The van der Waals surface area contributed by atoms with Crippen LogP contribution in [0.15, 0.2) is 47.6 Å². The highest BCUT2D eigenvalue weighted by Crippen LogP contribution is 2.32. The lowest BCUT2D eigenvalue weighted by Crippen LogP contribution is -2.19. The maximum Gasteiger partial charge on any atom is 0.271 e. The van der Waals surface area contributed by atoms with Crippen molar-refractivity contribution in [3.8, 4) is 11.5 Å². The molecule has 0 spiro atoms. The van der Waals surface area contributed by atoms with Crippen molar-refractivity contribution in [1.29, 1.82) is 0 Å². The second-order valence-corrected chi connectivity index (χ2v) is 5.15. The Labute approximate surface area is 132 Å². The van der Waals surface area contributed by atoms with E-state index in [1.54, 1.807) is 31.2 Å². The summed E-state index contributed by atoms with van der Waals surface area (Å²) in [6, 6.07) is 12.1. The van der Waals surface area contributed by atoms with Crippen LogP contribution in [0.1, 0.15) is 22.8 Å². The number of amides is 1. The third-order valence-corrected chi connectivity index (χ3v) is 3.47. The molecule has 6 heteroatoms. The summed E-state index contributed by atoms with van der Waals surface area (Å²) >= 11 is 5.79. The molecular formula is C16H13ClN2O3. The number of halogens is 1. The molecule has 112 valence electrons. The first-order chi connectivity index (χ1) is 10.6. The van der Waals surface area contributed by atoms with Crippen molar-refractivity contribution in [2.24, 2.45) is 5.10 Å². The average Bonchev–Trinajstić information content (AvgIpc) is 3.00. The van der Waals surface area contributed by atoms with E-state index in [-0.39, 0.29) is 12.7 Å². The highest BCUT2D eigenvalue weighted by molar-refractivity contribution is 6.30. The van der Waals surface area contributed by atoms with E-state index in [0.717, 1.165) is 5.56 Å². The number of carbonyl (C=O) groups is 1. The first-order valence-electron chi connectivity index (χ1n) is 6.64. The van der Waals surface area contributed by atoms with E-state index in [9.17, 15) is 4.79 Å². The minimum atomic E-state index is -0.295. The lowest BCUT2D eigenvalue weighted by Gasteiger charge is -2.04. The predicted molar refractivity (Wildman–Crippen MR) is 83.7 cm³/mol. The molecule has 0 saturated heterocycles. The minimum absolute atomic E-state index is 0.224. The fourth-order valence-corrected chi connectivity index (χ4v) is 2.11. The first kappa shape index (κ1) is 14.4. The van der Waals surface area contributed by atoms with Crippen LogP contribution in [-0.4, -0.2) is 18.4 Å². The Morgan fingerprint density at radius 3 is 2.55 bits per heavy atom. The molecule has 2 aromatic carbocycles. The number of hydrazone groups is 1. The molecule has 2 aromatic rings. The molecule has 1 aliphatic rings. The van der Waals surface area contributed by atoms with Crippen molar-refractivity contribution in [1.82, 2.24) is 5.43 Å². The molecule has 5 nitrogen and oxygen atoms in total. The predicted octanol–water partition coefficient (Wildman–Crippen LogP) is 3.22. The number of hydrogen-bond donors (Lipinski definition) is 1. The van der Waals surface area contributed by atoms with Crippen molar-refractivity contribution in [2.75, 3.05) is 6.79 Å². The fourth-order valence-electron chi connectivity index (χ4n) is 1.99. The molecule has 3 rings (SSSR count). The number of benzene rings is 2. The molecule has 1 amide bonds. The number of rotatable bonds is 3. The maximum atomic E-state index is 12.0. The van der Waals surface area contributed by atoms with Gasteiger partial charge in [0.15, 0.2) is 11.5 Å². The van der Waals surface area contributed by atoms with Gasteiger partial charge in [-0.05, 0) is 49.4 Å². The van der Waals surface area contributed by atoms with Crippen molar-refractivity contribution in [2.45, 2.75) is 6.92 Å². The molecule has 0 aromatic heterocycles. The van der Waals surface area contributed by atoms with E-state index in [1.165, 1.54) is 0 Å². The molecule has 1 N–H and O–H groups in total. The Bertz CT molecular complexity index is 742. The summed E-state index contributed by atoms with van der Waals surface area (Å²) in [6.07, 6.45) is 0. The van der Waals surface area contributed by atoms with Crippen LogP contribution >= 0.6 is 11.6 Å². The van der Waals surface area contributed by atoms with Crippen LogP contribution in [0.4, 0.5) is 0 Å². The van der Waals surface area contributed by atoms with Gasteiger partial charge in [0, 0.05) is 16.1 Å². The van der Waals surface area contributed by atoms with Gasteiger partial charge in [0.2, 0.25) is 6.79 Å². The van der Waals surface area contributed by atoms with Gasteiger partial charge in [-0.1, -0.05) is 11.6 Å². The summed E-state index contributed by atoms with van der Waals surface area (Å²) in [7, 11) is 0. The Kier molecular flexibility index (Phi) is 3.98. The topological polar surface area (TPSA) is 59.9 Å². The lowest BCUT2D eigenvalue weighted by molar-refractivity contribution is 0.0955. The Morgan fingerprint density at radius 2 is 1.77 bits per heavy atom. The molecule has 0 radical (unpaired) electrons. The monoisotopic (exact) mass is 316 g/mol. The molecule has 1 heterocycles. The average molecular weight is 317 g/mol. The lowest BCUT2D eigenvalue weighted by atomic mass is 10.1. The summed E-state index contributed by atoms with van der Waals surface area (Å²) in [5, 5.41) is 4.69. The van der Waals surface area contributed by atoms with E-state index >= 15 is 0 Å². The van der Waals surface area contributed by atoms with Gasteiger partial charge in [0.1, 0.15) is 0 Å². The maximum absolute atomic E-state index is 12.0. The molecule has 0 bridgehead atoms. The van der Waals surface area contributed by atoms with E-state index in [2.05, 4.69) is 10.5 Å². The fraction of sp³-hybridized carbons (Fsp3) is 0.125. The van der Waals surface area contributed by atoms with Gasteiger partial charge in [-0.25, -0.2) is 5.43 Å². The molecule has 0 aliphatic carbocycles. The number of nitrogens with one attached hydrogen (secondary N) is 1. The van der Waals surface area contributed by atoms with E-state index in [1.807, 2.05) is 18.2 Å². The highest BCUT2D eigenvalue weighted by atomic mass is 35.5. The summed E-state index contributed by atoms with van der Waals surface area (Å²) < 4.78 is 10.6. The molecule has 0 unspecified atom stereocenters. The number of nitrogens with zero attached hydrogens (tertiary/aromatic N) is 1. The van der Waals surface area contributed by atoms with Crippen LogP contribution in [0, 0.1) is 0 Å². The van der Waals surface area contributed by atoms with Gasteiger partial charge in [-0.3, -0.25) is 4.79 Å². The van der Waals surface area contributed by atoms with Crippen LogP contribution in [-0.2, 0) is 0 Å². The summed E-state index contributed by atoms with van der Waals surface area (Å²) in [5.74, 6) is 1.09. The van der Waals surface area contributed by atoms with Gasteiger partial charge in [-0.15, -0.1) is 0 Å². The number of ether oxygens (including phenoxy) is 2. The second-order valence-electron chi connectivity index (χ2n) is 4.71. The van der Waals surface area contributed by atoms with Gasteiger partial charge in [0.05, 0.1) is 5.71 Å². The van der Waals surface area contributed by atoms with Crippen LogP contribution < -0.4 is 14.9 Å². The Balaban J connectivity index is 1.72. The van der Waals surface area contributed by atoms with E-state index < -0.39 is 0 Å². The normalized spacial score (nSPS) is 13.1. The van der Waals surface area contributed by atoms with Gasteiger partial charge in [-0.2, -0.15) is 5.10 Å². The largest absolute Gasteiger partial charge is 0.454 e.